The third-order valence-electron chi connectivity index (χ3n) is 4.28. The van der Waals surface area contributed by atoms with Gasteiger partial charge in [0.1, 0.15) is 0 Å². The molecule has 0 aromatic rings. The molecule has 1 aliphatic rings. The summed E-state index contributed by atoms with van der Waals surface area (Å²) in [6.07, 6.45) is 15.2. The molecule has 1 saturated carbocycles. The van der Waals surface area contributed by atoms with E-state index in [4.69, 9.17) is 5.11 Å². The molecule has 0 amide bonds. The maximum atomic E-state index is 9.16. The van der Waals surface area contributed by atoms with Gasteiger partial charge in [-0.2, -0.15) is 0 Å². The lowest BCUT2D eigenvalue weighted by Gasteiger charge is -2.28. The number of rotatable bonds is 11. The van der Waals surface area contributed by atoms with Gasteiger partial charge in [0, 0.05) is 12.6 Å². The summed E-state index contributed by atoms with van der Waals surface area (Å²) in [7, 11) is 0. The van der Waals surface area contributed by atoms with Crippen LogP contribution in [0.1, 0.15) is 77.6 Å². The number of hydrogen-bond donors (Lipinski definition) is 1. The number of aliphatic hydroxyl groups is 1. The van der Waals surface area contributed by atoms with Crippen molar-refractivity contribution in [3.8, 4) is 0 Å². The molecule has 1 N–H and O–H groups in total. The zero-order valence-electron chi connectivity index (χ0n) is 12.4. The van der Waals surface area contributed by atoms with Gasteiger partial charge < -0.3 is 5.11 Å². The third kappa shape index (κ3) is 6.75. The van der Waals surface area contributed by atoms with Crippen LogP contribution < -0.4 is 0 Å². The Balaban J connectivity index is 2.02. The second-order valence-electron chi connectivity index (χ2n) is 5.82. The van der Waals surface area contributed by atoms with E-state index in [1.54, 1.807) is 0 Å². The Labute approximate surface area is 114 Å². The smallest absolute Gasteiger partial charge is 0.0558 e. The maximum absolute atomic E-state index is 9.16. The SMILES string of the molecule is CCCCCCCCCN(CCO)C1CCCC1. The molecule has 0 aliphatic heterocycles. The molecule has 0 heterocycles. The van der Waals surface area contributed by atoms with Crippen molar-refractivity contribution in [3.63, 3.8) is 0 Å². The summed E-state index contributed by atoms with van der Waals surface area (Å²) in [5.74, 6) is 0. The lowest BCUT2D eigenvalue weighted by Crippen LogP contribution is -2.36. The highest BCUT2D eigenvalue weighted by Crippen LogP contribution is 2.23. The fraction of sp³-hybridized carbons (Fsp3) is 1.00. The highest BCUT2D eigenvalue weighted by molar-refractivity contribution is 4.77. The molecule has 0 aromatic heterocycles. The van der Waals surface area contributed by atoms with Gasteiger partial charge in [0.05, 0.1) is 6.61 Å². The molecule has 0 radical (unpaired) electrons. The van der Waals surface area contributed by atoms with Crippen molar-refractivity contribution >= 4 is 0 Å². The summed E-state index contributed by atoms with van der Waals surface area (Å²) < 4.78 is 0. The van der Waals surface area contributed by atoms with Crippen LogP contribution in [0.25, 0.3) is 0 Å². The van der Waals surface area contributed by atoms with Gasteiger partial charge >= 0.3 is 0 Å². The van der Waals surface area contributed by atoms with Crippen molar-refractivity contribution in [1.82, 2.24) is 4.90 Å². The van der Waals surface area contributed by atoms with Gasteiger partial charge in [0.2, 0.25) is 0 Å². The summed E-state index contributed by atoms with van der Waals surface area (Å²) in [4.78, 5) is 2.54. The predicted octanol–water partition coefficient (Wildman–Crippen LogP) is 3.97. The second kappa shape index (κ2) is 10.8. The summed E-state index contributed by atoms with van der Waals surface area (Å²) in [5, 5.41) is 9.16. The standard InChI is InChI=1S/C16H33NO/c1-2-3-4-5-6-7-10-13-17(14-15-18)16-11-8-9-12-16/h16,18H,2-15H2,1H3. The zero-order chi connectivity index (χ0) is 13.1. The topological polar surface area (TPSA) is 23.5 Å². The molecule has 0 atom stereocenters. The number of hydrogen-bond acceptors (Lipinski definition) is 2. The first-order chi connectivity index (χ1) is 8.88. The zero-order valence-corrected chi connectivity index (χ0v) is 12.4. The highest BCUT2D eigenvalue weighted by Gasteiger charge is 2.21. The average Bonchev–Trinajstić information content (AvgIpc) is 2.90. The molecule has 2 nitrogen and oxygen atoms in total. The van der Waals surface area contributed by atoms with E-state index in [1.165, 1.54) is 77.2 Å². The Morgan fingerprint density at radius 2 is 1.50 bits per heavy atom. The maximum Gasteiger partial charge on any atom is 0.0558 e. The molecule has 1 fully saturated rings. The van der Waals surface area contributed by atoms with E-state index in [1.807, 2.05) is 0 Å². The molecule has 0 bridgehead atoms. The highest BCUT2D eigenvalue weighted by atomic mass is 16.3. The second-order valence-corrected chi connectivity index (χ2v) is 5.82. The van der Waals surface area contributed by atoms with Crippen LogP contribution in [0.3, 0.4) is 0 Å². The largest absolute Gasteiger partial charge is 0.395 e. The van der Waals surface area contributed by atoms with Gasteiger partial charge in [0.15, 0.2) is 0 Å². The predicted molar refractivity (Wildman–Crippen MR) is 78.9 cm³/mol. The van der Waals surface area contributed by atoms with E-state index in [0.717, 1.165) is 12.6 Å². The minimum absolute atomic E-state index is 0.326. The van der Waals surface area contributed by atoms with E-state index in [9.17, 15) is 0 Å². The van der Waals surface area contributed by atoms with E-state index in [-0.39, 0.29) is 0 Å². The van der Waals surface area contributed by atoms with Crippen LogP contribution in [0.4, 0.5) is 0 Å². The lowest BCUT2D eigenvalue weighted by atomic mass is 10.1. The molecule has 108 valence electrons. The molecule has 0 unspecified atom stereocenters. The molecule has 0 saturated heterocycles. The average molecular weight is 255 g/mol. The summed E-state index contributed by atoms with van der Waals surface area (Å²) in [5.41, 5.74) is 0. The molecule has 0 spiro atoms. The van der Waals surface area contributed by atoms with E-state index in [0.29, 0.717) is 6.61 Å². The summed E-state index contributed by atoms with van der Waals surface area (Å²) in [6, 6.07) is 0.775. The van der Waals surface area contributed by atoms with Gasteiger partial charge in [-0.05, 0) is 25.8 Å². The summed E-state index contributed by atoms with van der Waals surface area (Å²) in [6.45, 7) is 4.70. The summed E-state index contributed by atoms with van der Waals surface area (Å²) >= 11 is 0. The molecule has 18 heavy (non-hydrogen) atoms. The van der Waals surface area contributed by atoms with Crippen molar-refractivity contribution in [2.45, 2.75) is 83.6 Å². The van der Waals surface area contributed by atoms with Gasteiger partial charge in [-0.1, -0.05) is 58.3 Å². The van der Waals surface area contributed by atoms with Gasteiger partial charge in [-0.15, -0.1) is 0 Å². The van der Waals surface area contributed by atoms with Crippen molar-refractivity contribution < 1.29 is 5.11 Å². The van der Waals surface area contributed by atoms with Crippen LogP contribution in [0.5, 0.6) is 0 Å². The third-order valence-corrected chi connectivity index (χ3v) is 4.28. The van der Waals surface area contributed by atoms with E-state index < -0.39 is 0 Å². The molecule has 1 aliphatic carbocycles. The van der Waals surface area contributed by atoms with Crippen LogP contribution in [0, 0.1) is 0 Å². The normalized spacial score (nSPS) is 16.8. The van der Waals surface area contributed by atoms with Crippen molar-refractivity contribution in [2.75, 3.05) is 19.7 Å². The van der Waals surface area contributed by atoms with Crippen LogP contribution in [-0.4, -0.2) is 35.7 Å². The van der Waals surface area contributed by atoms with Crippen LogP contribution in [-0.2, 0) is 0 Å². The van der Waals surface area contributed by atoms with E-state index in [2.05, 4.69) is 11.8 Å². The number of unbranched alkanes of at least 4 members (excludes halogenated alkanes) is 6. The van der Waals surface area contributed by atoms with Crippen molar-refractivity contribution in [1.29, 1.82) is 0 Å². The van der Waals surface area contributed by atoms with Crippen LogP contribution >= 0.6 is 0 Å². The molecular formula is C16H33NO. The van der Waals surface area contributed by atoms with Crippen molar-refractivity contribution in [2.24, 2.45) is 0 Å². The minimum atomic E-state index is 0.326. The Bertz CT molecular complexity index is 178. The van der Waals surface area contributed by atoms with Crippen LogP contribution in [0.2, 0.25) is 0 Å². The number of nitrogens with zero attached hydrogens (tertiary/aromatic N) is 1. The first-order valence-corrected chi connectivity index (χ1v) is 8.23. The monoisotopic (exact) mass is 255 g/mol. The Morgan fingerprint density at radius 1 is 0.889 bits per heavy atom. The van der Waals surface area contributed by atoms with Gasteiger partial charge in [0.25, 0.3) is 0 Å². The molecule has 0 aromatic carbocycles. The molecule has 1 rings (SSSR count). The van der Waals surface area contributed by atoms with E-state index >= 15 is 0 Å². The minimum Gasteiger partial charge on any atom is -0.395 e. The Kier molecular flexibility index (Phi) is 9.59. The fourth-order valence-electron chi connectivity index (χ4n) is 3.15. The number of aliphatic hydroxyl groups excluding tert-OH is 1. The Morgan fingerprint density at radius 3 is 2.11 bits per heavy atom. The quantitative estimate of drug-likeness (QED) is 0.565. The molecular weight excluding hydrogens is 222 g/mol. The lowest BCUT2D eigenvalue weighted by molar-refractivity contribution is 0.149. The molecule has 2 heteroatoms. The fourth-order valence-corrected chi connectivity index (χ4v) is 3.15. The van der Waals surface area contributed by atoms with Gasteiger partial charge in [-0.25, -0.2) is 0 Å². The Hall–Kier alpha value is -0.0800. The first kappa shape index (κ1) is 16.0. The van der Waals surface area contributed by atoms with Crippen LogP contribution in [0.15, 0.2) is 0 Å². The van der Waals surface area contributed by atoms with Crippen molar-refractivity contribution in [3.05, 3.63) is 0 Å². The first-order valence-electron chi connectivity index (χ1n) is 8.23. The van der Waals surface area contributed by atoms with Gasteiger partial charge in [-0.3, -0.25) is 4.90 Å².